The Morgan fingerprint density at radius 2 is 2.23 bits per heavy atom. The van der Waals surface area contributed by atoms with Crippen molar-refractivity contribution in [2.75, 3.05) is 20.2 Å². The summed E-state index contributed by atoms with van der Waals surface area (Å²) in [6, 6.07) is 5.01. The molecular formula is C14H18ClN3O4. The largest absolute Gasteiger partial charge is 0.419 e. The minimum absolute atomic E-state index is 0. The fourth-order valence-corrected chi connectivity index (χ4v) is 2.62. The summed E-state index contributed by atoms with van der Waals surface area (Å²) < 4.78 is 11.9. The zero-order valence-electron chi connectivity index (χ0n) is 12.3. The predicted octanol–water partition coefficient (Wildman–Crippen LogP) is 0.270. The number of hydrogen-bond acceptors (Lipinski definition) is 5. The van der Waals surface area contributed by atoms with Crippen LogP contribution < -0.4 is 16.4 Å². The van der Waals surface area contributed by atoms with Gasteiger partial charge in [0.05, 0.1) is 23.2 Å². The Hall–Kier alpha value is -1.83. The molecular weight excluding hydrogens is 310 g/mol. The van der Waals surface area contributed by atoms with Crippen molar-refractivity contribution in [3.05, 3.63) is 34.3 Å². The van der Waals surface area contributed by atoms with E-state index < -0.39 is 5.76 Å². The van der Waals surface area contributed by atoms with Crippen LogP contribution in [0.15, 0.2) is 27.4 Å². The highest BCUT2D eigenvalue weighted by Crippen LogP contribution is 2.17. The molecule has 2 N–H and O–H groups in total. The van der Waals surface area contributed by atoms with Crippen LogP contribution in [0.1, 0.15) is 10.4 Å². The van der Waals surface area contributed by atoms with Crippen LogP contribution in [0.5, 0.6) is 0 Å². The molecule has 2 atom stereocenters. The number of nitrogens with zero attached hydrogens (tertiary/aromatic N) is 1. The third-order valence-corrected chi connectivity index (χ3v) is 3.84. The van der Waals surface area contributed by atoms with Gasteiger partial charge in [0.15, 0.2) is 5.58 Å². The Morgan fingerprint density at radius 1 is 1.45 bits per heavy atom. The van der Waals surface area contributed by atoms with Gasteiger partial charge < -0.3 is 19.8 Å². The zero-order valence-corrected chi connectivity index (χ0v) is 13.1. The summed E-state index contributed by atoms with van der Waals surface area (Å²) in [5.41, 5.74) is 1.26. The van der Waals surface area contributed by atoms with E-state index in [0.717, 1.165) is 0 Å². The molecule has 1 amide bonds. The molecule has 120 valence electrons. The number of hydrogen-bond donors (Lipinski definition) is 2. The van der Waals surface area contributed by atoms with Crippen molar-refractivity contribution in [1.82, 2.24) is 15.2 Å². The molecule has 1 saturated heterocycles. The molecule has 0 aliphatic carbocycles. The molecule has 0 bridgehead atoms. The summed E-state index contributed by atoms with van der Waals surface area (Å²) in [7, 11) is 3.23. The maximum atomic E-state index is 12.4. The fraction of sp³-hybridized carbons (Fsp3) is 0.429. The van der Waals surface area contributed by atoms with Gasteiger partial charge in [0.1, 0.15) is 0 Å². The fourth-order valence-electron chi connectivity index (χ4n) is 2.62. The molecule has 1 aromatic carbocycles. The lowest BCUT2D eigenvalue weighted by Crippen LogP contribution is -2.43. The number of carbonyl (C=O) groups excluding carboxylic acids is 1. The second-order valence-corrected chi connectivity index (χ2v) is 5.09. The molecule has 0 radical (unpaired) electrons. The molecule has 1 fully saturated rings. The standard InChI is InChI=1S/C14H17N3O4.ClH/c1-17-10-5-3-4-8(12(10)21-14(17)19)13(18)16-9-6-15-7-11(9)20-2;/h3-5,9,11,15H,6-7H2,1-2H3,(H,16,18);1H/t9?,11-;/m0./s1. The lowest BCUT2D eigenvalue weighted by molar-refractivity contribution is 0.0780. The van der Waals surface area contributed by atoms with Crippen LogP contribution in [0.4, 0.5) is 0 Å². The highest BCUT2D eigenvalue weighted by molar-refractivity contribution is 6.04. The Balaban J connectivity index is 0.00000176. The van der Waals surface area contributed by atoms with Crippen LogP contribution in [0.3, 0.4) is 0 Å². The van der Waals surface area contributed by atoms with E-state index in [0.29, 0.717) is 29.8 Å². The number of aryl methyl sites for hydroxylation is 1. The van der Waals surface area contributed by atoms with Gasteiger partial charge in [0.25, 0.3) is 5.91 Å². The van der Waals surface area contributed by atoms with Gasteiger partial charge in [0, 0.05) is 27.2 Å². The van der Waals surface area contributed by atoms with E-state index in [9.17, 15) is 9.59 Å². The minimum Gasteiger partial charge on any atom is -0.407 e. The van der Waals surface area contributed by atoms with Crippen molar-refractivity contribution in [2.24, 2.45) is 7.05 Å². The molecule has 8 heteroatoms. The van der Waals surface area contributed by atoms with Gasteiger partial charge in [-0.05, 0) is 12.1 Å². The van der Waals surface area contributed by atoms with Crippen LogP contribution in [-0.4, -0.2) is 42.8 Å². The van der Waals surface area contributed by atoms with E-state index in [4.69, 9.17) is 9.15 Å². The van der Waals surface area contributed by atoms with E-state index in [2.05, 4.69) is 10.6 Å². The molecule has 0 spiro atoms. The van der Waals surface area contributed by atoms with Gasteiger partial charge in [-0.2, -0.15) is 0 Å². The number of ether oxygens (including phenoxy) is 1. The van der Waals surface area contributed by atoms with Crippen molar-refractivity contribution < 1.29 is 13.9 Å². The predicted molar refractivity (Wildman–Crippen MR) is 83.6 cm³/mol. The summed E-state index contributed by atoms with van der Waals surface area (Å²) in [4.78, 5) is 24.0. The Morgan fingerprint density at radius 3 is 2.95 bits per heavy atom. The van der Waals surface area contributed by atoms with E-state index >= 15 is 0 Å². The molecule has 1 aliphatic rings. The first-order valence-electron chi connectivity index (χ1n) is 6.74. The summed E-state index contributed by atoms with van der Waals surface area (Å²) >= 11 is 0. The van der Waals surface area contributed by atoms with E-state index in [1.807, 2.05) is 0 Å². The van der Waals surface area contributed by atoms with Crippen molar-refractivity contribution in [3.8, 4) is 0 Å². The second-order valence-electron chi connectivity index (χ2n) is 5.09. The van der Waals surface area contributed by atoms with Crippen LogP contribution in [0.25, 0.3) is 11.1 Å². The van der Waals surface area contributed by atoms with Crippen molar-refractivity contribution in [1.29, 1.82) is 0 Å². The maximum Gasteiger partial charge on any atom is 0.419 e. The first-order valence-corrected chi connectivity index (χ1v) is 6.74. The van der Waals surface area contributed by atoms with Gasteiger partial charge in [-0.1, -0.05) is 6.07 Å². The van der Waals surface area contributed by atoms with E-state index in [-0.39, 0.29) is 30.5 Å². The lowest BCUT2D eigenvalue weighted by Gasteiger charge is -2.18. The number of halogens is 1. The number of aromatic nitrogens is 1. The highest BCUT2D eigenvalue weighted by Gasteiger charge is 2.29. The molecule has 7 nitrogen and oxygen atoms in total. The van der Waals surface area contributed by atoms with E-state index in [1.54, 1.807) is 32.4 Å². The molecule has 1 aromatic heterocycles. The summed E-state index contributed by atoms with van der Waals surface area (Å²) in [6.07, 6.45) is -0.0593. The van der Waals surface area contributed by atoms with Crippen molar-refractivity contribution in [2.45, 2.75) is 12.1 Å². The second kappa shape index (κ2) is 6.51. The maximum absolute atomic E-state index is 12.4. The number of para-hydroxylation sites is 1. The highest BCUT2D eigenvalue weighted by atomic mass is 35.5. The van der Waals surface area contributed by atoms with Crippen LogP contribution in [-0.2, 0) is 11.8 Å². The monoisotopic (exact) mass is 327 g/mol. The van der Waals surface area contributed by atoms with Crippen LogP contribution >= 0.6 is 12.4 Å². The molecule has 22 heavy (non-hydrogen) atoms. The summed E-state index contributed by atoms with van der Waals surface area (Å²) in [6.45, 7) is 1.35. The Labute approximate surface area is 133 Å². The Bertz CT molecular complexity index is 739. The molecule has 2 aromatic rings. The number of fused-ring (bicyclic) bond motifs is 1. The number of benzene rings is 1. The zero-order chi connectivity index (χ0) is 15.0. The molecule has 1 unspecified atom stereocenters. The van der Waals surface area contributed by atoms with Gasteiger partial charge in [-0.3, -0.25) is 9.36 Å². The quantitative estimate of drug-likeness (QED) is 0.845. The average molecular weight is 328 g/mol. The third-order valence-electron chi connectivity index (χ3n) is 3.84. The average Bonchev–Trinajstić information content (AvgIpc) is 3.04. The van der Waals surface area contributed by atoms with Gasteiger partial charge in [-0.25, -0.2) is 4.79 Å². The number of oxazole rings is 1. The van der Waals surface area contributed by atoms with Crippen LogP contribution in [0, 0.1) is 0 Å². The van der Waals surface area contributed by atoms with Gasteiger partial charge in [0.2, 0.25) is 0 Å². The third kappa shape index (κ3) is 2.75. The number of nitrogens with one attached hydrogen (secondary N) is 2. The molecule has 0 saturated carbocycles. The minimum atomic E-state index is -0.484. The first-order chi connectivity index (χ1) is 10.1. The van der Waals surface area contributed by atoms with Crippen LogP contribution in [0.2, 0.25) is 0 Å². The van der Waals surface area contributed by atoms with E-state index in [1.165, 1.54) is 4.57 Å². The molecule has 3 rings (SSSR count). The molecule has 2 heterocycles. The normalized spacial score (nSPS) is 20.8. The SMILES string of the molecule is CO[C@H]1CNCC1NC(=O)c1cccc2c1oc(=O)n2C.Cl. The summed E-state index contributed by atoms with van der Waals surface area (Å²) in [5.74, 6) is -0.756. The molecule has 1 aliphatic heterocycles. The van der Waals surface area contributed by atoms with Gasteiger partial charge >= 0.3 is 5.76 Å². The summed E-state index contributed by atoms with van der Waals surface area (Å²) in [5, 5.41) is 6.08. The lowest BCUT2D eigenvalue weighted by atomic mass is 10.1. The van der Waals surface area contributed by atoms with Crippen molar-refractivity contribution in [3.63, 3.8) is 0 Å². The first kappa shape index (κ1) is 16.5. The Kier molecular flexibility index (Phi) is 4.90. The van der Waals surface area contributed by atoms with Gasteiger partial charge in [-0.15, -0.1) is 12.4 Å². The number of carbonyl (C=O) groups is 1. The number of amides is 1. The smallest absolute Gasteiger partial charge is 0.407 e. The number of rotatable bonds is 3. The topological polar surface area (TPSA) is 85.5 Å². The number of methoxy groups -OCH3 is 1. The van der Waals surface area contributed by atoms with Crippen molar-refractivity contribution >= 4 is 29.4 Å².